The van der Waals surface area contributed by atoms with Crippen LogP contribution in [-0.4, -0.2) is 17.3 Å². The predicted molar refractivity (Wildman–Crippen MR) is 44.1 cm³/mol. The van der Waals surface area contributed by atoms with Gasteiger partial charge in [-0.25, -0.2) is 0 Å². The van der Waals surface area contributed by atoms with E-state index >= 15 is 0 Å². The zero-order chi connectivity index (χ0) is 7.90. The highest BCUT2D eigenvalue weighted by Crippen LogP contribution is 2.49. The van der Waals surface area contributed by atoms with Crippen molar-refractivity contribution in [2.45, 2.75) is 37.6 Å². The van der Waals surface area contributed by atoms with Crippen LogP contribution in [0.15, 0.2) is 0 Å². The van der Waals surface area contributed by atoms with Gasteiger partial charge in [-0.15, -0.1) is 0 Å². The normalized spacial score (nSPS) is 40.9. The Morgan fingerprint density at radius 2 is 2.09 bits per heavy atom. The van der Waals surface area contributed by atoms with Crippen molar-refractivity contribution >= 4 is 0 Å². The fourth-order valence-electron chi connectivity index (χ4n) is 2.53. The molecule has 2 atom stereocenters. The quantitative estimate of drug-likeness (QED) is 0.622. The van der Waals surface area contributed by atoms with Crippen LogP contribution in [0.25, 0.3) is 0 Å². The summed E-state index contributed by atoms with van der Waals surface area (Å²) >= 11 is 0. The van der Waals surface area contributed by atoms with E-state index in [0.29, 0.717) is 18.4 Å². The van der Waals surface area contributed by atoms with Crippen molar-refractivity contribution in [1.82, 2.24) is 0 Å². The van der Waals surface area contributed by atoms with E-state index in [-0.39, 0.29) is 5.54 Å². The second-order valence-electron chi connectivity index (χ2n) is 4.21. The van der Waals surface area contributed by atoms with Crippen molar-refractivity contribution < 1.29 is 5.11 Å². The summed E-state index contributed by atoms with van der Waals surface area (Å²) in [5.74, 6) is 1.15. The van der Waals surface area contributed by atoms with Gasteiger partial charge in [0.1, 0.15) is 0 Å². The van der Waals surface area contributed by atoms with E-state index in [1.54, 1.807) is 0 Å². The standard InChI is InChI=1S/C9H17NO/c10-9(4-5-9)8-3-1-2-7(8)6-11/h7-8,11H,1-6,10H2. The van der Waals surface area contributed by atoms with E-state index in [4.69, 9.17) is 10.8 Å². The van der Waals surface area contributed by atoms with Gasteiger partial charge in [0.05, 0.1) is 0 Å². The molecule has 0 amide bonds. The van der Waals surface area contributed by atoms with Crippen molar-refractivity contribution in [3.63, 3.8) is 0 Å². The Morgan fingerprint density at radius 1 is 1.36 bits per heavy atom. The van der Waals surface area contributed by atoms with Gasteiger partial charge in [-0.2, -0.15) is 0 Å². The summed E-state index contributed by atoms with van der Waals surface area (Å²) in [7, 11) is 0. The first kappa shape index (κ1) is 7.56. The van der Waals surface area contributed by atoms with Crippen LogP contribution in [0.4, 0.5) is 0 Å². The second kappa shape index (κ2) is 2.46. The first-order valence-electron chi connectivity index (χ1n) is 4.66. The summed E-state index contributed by atoms with van der Waals surface area (Å²) in [5.41, 5.74) is 6.25. The summed E-state index contributed by atoms with van der Waals surface area (Å²) in [6.07, 6.45) is 6.10. The molecule has 0 aromatic carbocycles. The van der Waals surface area contributed by atoms with Gasteiger partial charge in [-0.1, -0.05) is 6.42 Å². The van der Waals surface area contributed by atoms with Crippen molar-refractivity contribution in [2.24, 2.45) is 17.6 Å². The molecule has 2 aliphatic carbocycles. The fraction of sp³-hybridized carbons (Fsp3) is 1.00. The van der Waals surface area contributed by atoms with Crippen molar-refractivity contribution in [3.8, 4) is 0 Å². The third-order valence-corrected chi connectivity index (χ3v) is 3.46. The van der Waals surface area contributed by atoms with Crippen molar-refractivity contribution in [1.29, 1.82) is 0 Å². The molecule has 2 nitrogen and oxygen atoms in total. The Hall–Kier alpha value is -0.0800. The van der Waals surface area contributed by atoms with Crippen LogP contribution in [0.5, 0.6) is 0 Å². The smallest absolute Gasteiger partial charge is 0.0462 e. The SMILES string of the molecule is NC1(C2CCCC2CO)CC1. The van der Waals surface area contributed by atoms with Crippen molar-refractivity contribution in [3.05, 3.63) is 0 Å². The number of aliphatic hydroxyl groups is 1. The molecule has 2 unspecified atom stereocenters. The van der Waals surface area contributed by atoms with E-state index < -0.39 is 0 Å². The molecule has 0 spiro atoms. The Balaban J connectivity index is 2.01. The van der Waals surface area contributed by atoms with Gasteiger partial charge < -0.3 is 10.8 Å². The van der Waals surface area contributed by atoms with Crippen LogP contribution in [-0.2, 0) is 0 Å². The lowest BCUT2D eigenvalue weighted by atomic mass is 9.88. The molecular weight excluding hydrogens is 138 g/mol. The zero-order valence-corrected chi connectivity index (χ0v) is 6.92. The molecule has 0 aromatic rings. The molecule has 2 heteroatoms. The van der Waals surface area contributed by atoms with E-state index in [1.165, 1.54) is 32.1 Å². The molecule has 3 N–H and O–H groups in total. The summed E-state index contributed by atoms with van der Waals surface area (Å²) < 4.78 is 0. The number of nitrogens with two attached hydrogens (primary N) is 1. The molecule has 2 fully saturated rings. The lowest BCUT2D eigenvalue weighted by molar-refractivity contribution is 0.174. The minimum absolute atomic E-state index is 0.143. The van der Waals surface area contributed by atoms with E-state index in [2.05, 4.69) is 0 Å². The van der Waals surface area contributed by atoms with Crippen LogP contribution in [0.1, 0.15) is 32.1 Å². The molecule has 0 bridgehead atoms. The Kier molecular flexibility index (Phi) is 1.69. The van der Waals surface area contributed by atoms with Gasteiger partial charge >= 0.3 is 0 Å². The third kappa shape index (κ3) is 1.18. The maximum Gasteiger partial charge on any atom is 0.0462 e. The Bertz CT molecular complexity index is 154. The van der Waals surface area contributed by atoms with Crippen LogP contribution in [0.2, 0.25) is 0 Å². The number of hydrogen-bond donors (Lipinski definition) is 2. The maximum atomic E-state index is 9.07. The monoisotopic (exact) mass is 155 g/mol. The highest BCUT2D eigenvalue weighted by Gasteiger charge is 2.49. The first-order valence-corrected chi connectivity index (χ1v) is 4.66. The molecule has 0 radical (unpaired) electrons. The summed E-state index contributed by atoms with van der Waals surface area (Å²) in [5, 5.41) is 9.07. The molecule has 0 aliphatic heterocycles. The maximum absolute atomic E-state index is 9.07. The second-order valence-corrected chi connectivity index (χ2v) is 4.21. The minimum atomic E-state index is 0.143. The molecule has 2 rings (SSSR count). The average Bonchev–Trinajstić information content (AvgIpc) is 2.61. The van der Waals surface area contributed by atoms with Gasteiger partial charge in [0, 0.05) is 12.1 Å². The van der Waals surface area contributed by atoms with Crippen molar-refractivity contribution in [2.75, 3.05) is 6.61 Å². The minimum Gasteiger partial charge on any atom is -0.396 e. The summed E-state index contributed by atoms with van der Waals surface area (Å²) in [4.78, 5) is 0. The van der Waals surface area contributed by atoms with Gasteiger partial charge in [0.2, 0.25) is 0 Å². The van der Waals surface area contributed by atoms with Gasteiger partial charge in [0.25, 0.3) is 0 Å². The predicted octanol–water partition coefficient (Wildman–Crippen LogP) is 0.886. The van der Waals surface area contributed by atoms with Crippen LogP contribution in [0.3, 0.4) is 0 Å². The molecule has 2 aliphatic rings. The highest BCUT2D eigenvalue weighted by atomic mass is 16.3. The van der Waals surface area contributed by atoms with Crippen LogP contribution < -0.4 is 5.73 Å². The number of hydrogen-bond acceptors (Lipinski definition) is 2. The molecule has 0 aromatic heterocycles. The molecule has 64 valence electrons. The van der Waals surface area contributed by atoms with E-state index in [0.717, 1.165) is 0 Å². The zero-order valence-electron chi connectivity index (χ0n) is 6.92. The average molecular weight is 155 g/mol. The summed E-state index contributed by atoms with van der Waals surface area (Å²) in [6.45, 7) is 0.351. The molecule has 2 saturated carbocycles. The fourth-order valence-corrected chi connectivity index (χ4v) is 2.53. The Morgan fingerprint density at radius 3 is 2.64 bits per heavy atom. The van der Waals surface area contributed by atoms with E-state index in [1.807, 2.05) is 0 Å². The number of rotatable bonds is 2. The van der Waals surface area contributed by atoms with Gasteiger partial charge in [-0.3, -0.25) is 0 Å². The lowest BCUT2D eigenvalue weighted by Crippen LogP contribution is -2.35. The van der Waals surface area contributed by atoms with Gasteiger partial charge in [-0.05, 0) is 37.5 Å². The molecule has 11 heavy (non-hydrogen) atoms. The molecular formula is C9H17NO. The van der Waals surface area contributed by atoms with Crippen LogP contribution in [0, 0.1) is 11.8 Å². The third-order valence-electron chi connectivity index (χ3n) is 3.46. The van der Waals surface area contributed by atoms with E-state index in [9.17, 15) is 0 Å². The summed E-state index contributed by atoms with van der Waals surface area (Å²) in [6, 6.07) is 0. The molecule has 0 heterocycles. The van der Waals surface area contributed by atoms with Crippen LogP contribution >= 0.6 is 0 Å². The lowest BCUT2D eigenvalue weighted by Gasteiger charge is -2.23. The highest BCUT2D eigenvalue weighted by molar-refractivity contribution is 5.07. The number of aliphatic hydroxyl groups excluding tert-OH is 1. The molecule has 0 saturated heterocycles. The Labute approximate surface area is 67.8 Å². The first-order chi connectivity index (χ1) is 5.26. The topological polar surface area (TPSA) is 46.2 Å². The largest absolute Gasteiger partial charge is 0.396 e. The van der Waals surface area contributed by atoms with Gasteiger partial charge in [0.15, 0.2) is 0 Å².